The number of hydrogen-bond donors (Lipinski definition) is 0. The lowest BCUT2D eigenvalue weighted by Gasteiger charge is -2.14. The molecular weight excluding hydrogens is 312 g/mol. The lowest BCUT2D eigenvalue weighted by Crippen LogP contribution is -2.28. The smallest absolute Gasteiger partial charge is 0.278 e. The Morgan fingerprint density at radius 3 is 2.61 bits per heavy atom. The summed E-state index contributed by atoms with van der Waals surface area (Å²) in [4.78, 5) is 23.2. The van der Waals surface area contributed by atoms with Gasteiger partial charge in [0, 0.05) is 14.0 Å². The van der Waals surface area contributed by atoms with E-state index in [9.17, 15) is 18.4 Å². The molecule has 0 aromatic carbocycles. The number of nitrogens with zero attached hydrogens (tertiary/aromatic N) is 1. The van der Waals surface area contributed by atoms with Gasteiger partial charge in [0.2, 0.25) is 0 Å². The summed E-state index contributed by atoms with van der Waals surface area (Å²) in [5, 5.41) is 0.0233. The summed E-state index contributed by atoms with van der Waals surface area (Å²) >= 11 is 2.96. The number of pyridine rings is 1. The summed E-state index contributed by atoms with van der Waals surface area (Å²) in [5.74, 6) is -3.36. The van der Waals surface area contributed by atoms with Crippen molar-refractivity contribution in [2.75, 3.05) is 11.9 Å². The van der Waals surface area contributed by atoms with Crippen LogP contribution >= 0.6 is 15.9 Å². The van der Waals surface area contributed by atoms with Gasteiger partial charge in [0.1, 0.15) is 0 Å². The molecule has 0 saturated carbocycles. The highest BCUT2D eigenvalue weighted by Gasteiger charge is 2.23. The monoisotopic (exact) mass is 323 g/mol. The molecule has 0 atom stereocenters. The van der Waals surface area contributed by atoms with Crippen LogP contribution in [0.25, 0.3) is 0 Å². The van der Waals surface area contributed by atoms with Crippen molar-refractivity contribution in [3.63, 3.8) is 0 Å². The first-order valence-corrected chi connectivity index (χ1v) is 6.18. The second-order valence-electron chi connectivity index (χ2n) is 3.87. The van der Waals surface area contributed by atoms with Crippen LogP contribution in [-0.2, 0) is 7.05 Å². The minimum atomic E-state index is -2.99. The average Bonchev–Trinajstić information content (AvgIpc) is 2.29. The lowest BCUT2D eigenvalue weighted by atomic mass is 10.2. The fourth-order valence-corrected chi connectivity index (χ4v) is 1.55. The van der Waals surface area contributed by atoms with Gasteiger partial charge in [0.15, 0.2) is 18.3 Å². The summed E-state index contributed by atoms with van der Waals surface area (Å²) in [6.07, 6.45) is 0. The van der Waals surface area contributed by atoms with E-state index in [-0.39, 0.29) is 22.6 Å². The third-order valence-corrected chi connectivity index (χ3v) is 2.66. The molecule has 1 heterocycles. The molecule has 4 nitrogen and oxygen atoms in total. The van der Waals surface area contributed by atoms with Gasteiger partial charge in [-0.25, -0.2) is 8.78 Å². The Labute approximate surface area is 111 Å². The number of halogens is 3. The van der Waals surface area contributed by atoms with E-state index >= 15 is 0 Å². The summed E-state index contributed by atoms with van der Waals surface area (Å²) < 4.78 is 31.1. The molecule has 0 saturated heterocycles. The number of rotatable bonds is 5. The highest BCUT2D eigenvalue weighted by molar-refractivity contribution is 9.09. The van der Waals surface area contributed by atoms with Gasteiger partial charge in [-0.3, -0.25) is 14.2 Å². The summed E-state index contributed by atoms with van der Waals surface area (Å²) in [6.45, 7) is -0.111. The Hall–Kier alpha value is -1.24. The highest BCUT2D eigenvalue weighted by atomic mass is 79.9. The van der Waals surface area contributed by atoms with E-state index in [0.29, 0.717) is 6.92 Å². The maximum absolute atomic E-state index is 12.6. The van der Waals surface area contributed by atoms with Gasteiger partial charge in [0.25, 0.3) is 11.5 Å². The van der Waals surface area contributed by atoms with Crippen LogP contribution in [-0.4, -0.2) is 28.2 Å². The number of carbonyl (C=O) groups excluding carboxylic acids is 1. The third kappa shape index (κ3) is 3.63. The van der Waals surface area contributed by atoms with Gasteiger partial charge in [-0.05, 0) is 12.1 Å². The molecule has 1 aromatic rings. The van der Waals surface area contributed by atoms with Crippen LogP contribution < -0.4 is 10.3 Å². The molecule has 1 aromatic heterocycles. The molecule has 18 heavy (non-hydrogen) atoms. The van der Waals surface area contributed by atoms with Crippen molar-refractivity contribution in [2.45, 2.75) is 12.8 Å². The molecule has 0 fully saturated rings. The van der Waals surface area contributed by atoms with Crippen molar-refractivity contribution in [3.8, 4) is 5.88 Å². The van der Waals surface area contributed by atoms with Crippen LogP contribution in [0.5, 0.6) is 5.88 Å². The fourth-order valence-electron chi connectivity index (χ4n) is 1.25. The topological polar surface area (TPSA) is 48.3 Å². The summed E-state index contributed by atoms with van der Waals surface area (Å²) in [5.41, 5.74) is -0.582. The summed E-state index contributed by atoms with van der Waals surface area (Å²) in [7, 11) is 1.36. The Morgan fingerprint density at radius 1 is 1.50 bits per heavy atom. The van der Waals surface area contributed by atoms with Gasteiger partial charge in [-0.2, -0.15) is 0 Å². The van der Waals surface area contributed by atoms with Crippen LogP contribution in [0.1, 0.15) is 17.3 Å². The Kier molecular flexibility index (Phi) is 4.61. The van der Waals surface area contributed by atoms with Crippen molar-refractivity contribution in [3.05, 3.63) is 28.0 Å². The Morgan fingerprint density at radius 2 is 2.11 bits per heavy atom. The zero-order valence-corrected chi connectivity index (χ0v) is 11.5. The average molecular weight is 324 g/mol. The summed E-state index contributed by atoms with van der Waals surface area (Å²) in [6, 6.07) is 2.60. The molecule has 0 amide bonds. The lowest BCUT2D eigenvalue weighted by molar-refractivity contribution is -0.0253. The second kappa shape index (κ2) is 5.60. The van der Waals surface area contributed by atoms with Gasteiger partial charge in [-0.1, -0.05) is 15.9 Å². The minimum Gasteiger partial charge on any atom is -0.472 e. The standard InChI is InChI=1S/C11H12BrF2NO3/c1-11(13,14)6-18-9-4-3-7(8(16)5-12)10(17)15(9)2/h3-4H,5-6H2,1-2H3. The quantitative estimate of drug-likeness (QED) is 0.615. The molecule has 0 radical (unpaired) electrons. The van der Waals surface area contributed by atoms with Crippen LogP contribution in [0.3, 0.4) is 0 Å². The van der Waals surface area contributed by atoms with Crippen LogP contribution in [0.2, 0.25) is 0 Å². The molecular formula is C11H12BrF2NO3. The molecule has 0 N–H and O–H groups in total. The van der Waals surface area contributed by atoms with Crippen molar-refractivity contribution in [1.82, 2.24) is 4.57 Å². The van der Waals surface area contributed by atoms with E-state index < -0.39 is 18.1 Å². The maximum atomic E-state index is 12.6. The van der Waals surface area contributed by atoms with E-state index in [1.807, 2.05) is 0 Å². The Balaban J connectivity index is 3.02. The molecule has 0 aliphatic heterocycles. The van der Waals surface area contributed by atoms with Crippen molar-refractivity contribution in [2.24, 2.45) is 7.05 Å². The third-order valence-electron chi connectivity index (χ3n) is 2.15. The first-order chi connectivity index (χ1) is 8.26. The minimum absolute atomic E-state index is 0.00681. The van der Waals surface area contributed by atoms with E-state index in [1.54, 1.807) is 0 Å². The SMILES string of the molecule is Cn1c(OCC(C)(F)F)ccc(C(=O)CBr)c1=O. The van der Waals surface area contributed by atoms with Gasteiger partial charge < -0.3 is 4.74 Å². The number of aromatic nitrogens is 1. The zero-order chi connectivity index (χ0) is 13.9. The van der Waals surface area contributed by atoms with Crippen molar-refractivity contribution in [1.29, 1.82) is 0 Å². The van der Waals surface area contributed by atoms with E-state index in [2.05, 4.69) is 15.9 Å². The zero-order valence-electron chi connectivity index (χ0n) is 9.87. The van der Waals surface area contributed by atoms with Crippen LogP contribution in [0.15, 0.2) is 16.9 Å². The second-order valence-corrected chi connectivity index (χ2v) is 4.43. The predicted octanol–water partition coefficient (Wildman–Crippen LogP) is 2.00. The van der Waals surface area contributed by atoms with E-state index in [0.717, 1.165) is 4.57 Å². The number of alkyl halides is 3. The largest absolute Gasteiger partial charge is 0.472 e. The molecule has 0 spiro atoms. The maximum Gasteiger partial charge on any atom is 0.278 e. The molecule has 1 rings (SSSR count). The fraction of sp³-hybridized carbons (Fsp3) is 0.455. The van der Waals surface area contributed by atoms with Crippen LogP contribution in [0.4, 0.5) is 8.78 Å². The van der Waals surface area contributed by atoms with Gasteiger partial charge in [0.05, 0.1) is 10.9 Å². The molecule has 7 heteroatoms. The van der Waals surface area contributed by atoms with Gasteiger partial charge in [-0.15, -0.1) is 0 Å². The van der Waals surface area contributed by atoms with Crippen LogP contribution in [0, 0.1) is 0 Å². The molecule has 100 valence electrons. The van der Waals surface area contributed by atoms with Crippen molar-refractivity contribution >= 4 is 21.7 Å². The number of hydrogen-bond acceptors (Lipinski definition) is 3. The first kappa shape index (κ1) is 14.8. The normalized spacial score (nSPS) is 11.4. The number of ether oxygens (including phenoxy) is 1. The van der Waals surface area contributed by atoms with Crippen molar-refractivity contribution < 1.29 is 18.3 Å². The predicted molar refractivity (Wildman–Crippen MR) is 65.9 cm³/mol. The number of ketones is 1. The van der Waals surface area contributed by atoms with Gasteiger partial charge >= 0.3 is 0 Å². The number of Topliss-reactive ketones (excluding diaryl/α,β-unsaturated/α-hetero) is 1. The molecule has 0 aliphatic carbocycles. The van der Waals surface area contributed by atoms with E-state index in [4.69, 9.17) is 4.74 Å². The molecule has 0 bridgehead atoms. The molecule has 0 unspecified atom stereocenters. The highest BCUT2D eigenvalue weighted by Crippen LogP contribution is 2.15. The first-order valence-electron chi connectivity index (χ1n) is 5.06. The van der Waals surface area contributed by atoms with E-state index in [1.165, 1.54) is 19.2 Å². The number of carbonyl (C=O) groups is 1. The Bertz CT molecular complexity index is 508. The molecule has 0 aliphatic rings.